The number of furan rings is 1. The Morgan fingerprint density at radius 1 is 1.12 bits per heavy atom. The van der Waals surface area contributed by atoms with Gasteiger partial charge in [-0.2, -0.15) is 9.50 Å². The van der Waals surface area contributed by atoms with Crippen LogP contribution in [0.1, 0.15) is 11.3 Å². The van der Waals surface area contributed by atoms with E-state index in [1.54, 1.807) is 24.0 Å². The number of rotatable bonds is 4. The number of anilines is 2. The fraction of sp³-hybridized carbons (Fsp3) is 0.167. The molecule has 0 spiro atoms. The summed E-state index contributed by atoms with van der Waals surface area (Å²) in [6.45, 7) is 3.95. The Morgan fingerprint density at radius 3 is 2.76 bits per heavy atom. The Hall–Kier alpha value is -3.35. The summed E-state index contributed by atoms with van der Waals surface area (Å²) >= 11 is 0. The lowest BCUT2D eigenvalue weighted by Gasteiger charge is -2.13. The van der Waals surface area contributed by atoms with E-state index < -0.39 is 0 Å². The Balaban J connectivity index is 1.83. The van der Waals surface area contributed by atoms with E-state index >= 15 is 0 Å². The van der Waals surface area contributed by atoms with Crippen LogP contribution in [0, 0.1) is 13.8 Å². The molecule has 3 heterocycles. The minimum absolute atomic E-state index is 0.488. The lowest BCUT2D eigenvalue weighted by atomic mass is 10.2. The zero-order chi connectivity index (χ0) is 17.4. The largest absolute Gasteiger partial charge is 0.495 e. The van der Waals surface area contributed by atoms with E-state index in [1.165, 1.54) is 0 Å². The molecule has 4 rings (SSSR count). The van der Waals surface area contributed by atoms with Crippen LogP contribution in [-0.4, -0.2) is 26.7 Å². The molecule has 0 saturated carbocycles. The smallest absolute Gasteiger partial charge is 0.255 e. The molecule has 25 heavy (non-hydrogen) atoms. The van der Waals surface area contributed by atoms with Gasteiger partial charge in [0.2, 0.25) is 5.82 Å². The molecule has 0 amide bonds. The summed E-state index contributed by atoms with van der Waals surface area (Å²) in [5.41, 5.74) is 2.81. The molecule has 0 aliphatic rings. The summed E-state index contributed by atoms with van der Waals surface area (Å²) in [5.74, 6) is 3.08. The van der Waals surface area contributed by atoms with Gasteiger partial charge >= 0.3 is 0 Å². The normalized spacial score (nSPS) is 11.0. The molecular weight excluding hydrogens is 318 g/mol. The molecule has 0 bridgehead atoms. The lowest BCUT2D eigenvalue weighted by Crippen LogP contribution is -2.04. The van der Waals surface area contributed by atoms with Gasteiger partial charge in [-0.05, 0) is 43.7 Å². The first-order valence-electron chi connectivity index (χ1n) is 7.84. The number of nitrogens with zero attached hydrogens (tertiary/aromatic N) is 4. The number of aromatic nitrogens is 4. The van der Waals surface area contributed by atoms with Gasteiger partial charge in [0.05, 0.1) is 19.1 Å². The fourth-order valence-electron chi connectivity index (χ4n) is 2.64. The van der Waals surface area contributed by atoms with E-state index in [2.05, 4.69) is 20.4 Å². The average Bonchev–Trinajstić information content (AvgIpc) is 3.24. The number of aryl methyl sites for hydroxylation is 2. The summed E-state index contributed by atoms with van der Waals surface area (Å²) in [6.07, 6.45) is 1.59. The highest BCUT2D eigenvalue weighted by Gasteiger charge is 2.14. The van der Waals surface area contributed by atoms with Crippen molar-refractivity contribution in [3.05, 3.63) is 53.9 Å². The van der Waals surface area contributed by atoms with Crippen molar-refractivity contribution < 1.29 is 9.15 Å². The number of benzene rings is 1. The predicted octanol–water partition coefficient (Wildman–Crippen LogP) is 3.75. The highest BCUT2D eigenvalue weighted by Crippen LogP contribution is 2.29. The fourth-order valence-corrected chi connectivity index (χ4v) is 2.64. The average molecular weight is 335 g/mol. The highest BCUT2D eigenvalue weighted by atomic mass is 16.5. The molecule has 0 radical (unpaired) electrons. The van der Waals surface area contributed by atoms with Crippen LogP contribution < -0.4 is 10.1 Å². The highest BCUT2D eigenvalue weighted by molar-refractivity contribution is 5.67. The first-order valence-corrected chi connectivity index (χ1v) is 7.84. The van der Waals surface area contributed by atoms with Crippen LogP contribution in [-0.2, 0) is 0 Å². The van der Waals surface area contributed by atoms with Crippen molar-refractivity contribution in [2.75, 3.05) is 12.4 Å². The Morgan fingerprint density at radius 2 is 2.00 bits per heavy atom. The Kier molecular flexibility index (Phi) is 3.61. The van der Waals surface area contributed by atoms with Crippen LogP contribution in [0.25, 0.3) is 17.4 Å². The minimum Gasteiger partial charge on any atom is -0.495 e. The molecule has 0 aliphatic carbocycles. The first kappa shape index (κ1) is 15.2. The van der Waals surface area contributed by atoms with Gasteiger partial charge in [-0.25, -0.2) is 4.98 Å². The van der Waals surface area contributed by atoms with Gasteiger partial charge in [0, 0.05) is 11.8 Å². The van der Waals surface area contributed by atoms with Gasteiger partial charge < -0.3 is 14.5 Å². The minimum atomic E-state index is 0.488. The van der Waals surface area contributed by atoms with Crippen molar-refractivity contribution in [1.82, 2.24) is 19.6 Å². The third kappa shape index (κ3) is 2.80. The summed E-state index contributed by atoms with van der Waals surface area (Å²) in [6, 6.07) is 11.5. The number of ether oxygens (including phenoxy) is 1. The van der Waals surface area contributed by atoms with E-state index in [0.717, 1.165) is 28.5 Å². The molecule has 0 saturated heterocycles. The van der Waals surface area contributed by atoms with Crippen molar-refractivity contribution in [3.63, 3.8) is 0 Å². The first-order chi connectivity index (χ1) is 12.1. The van der Waals surface area contributed by atoms with Crippen LogP contribution in [0.15, 0.2) is 47.1 Å². The molecule has 4 aromatic rings. The third-order valence-corrected chi connectivity index (χ3v) is 3.80. The number of nitrogens with one attached hydrogen (secondary N) is 1. The summed E-state index contributed by atoms with van der Waals surface area (Å²) in [4.78, 5) is 8.90. The molecule has 126 valence electrons. The van der Waals surface area contributed by atoms with Crippen molar-refractivity contribution in [2.45, 2.75) is 13.8 Å². The van der Waals surface area contributed by atoms with Crippen LogP contribution in [0.2, 0.25) is 0 Å². The van der Waals surface area contributed by atoms with Crippen LogP contribution >= 0.6 is 0 Å². The zero-order valence-corrected chi connectivity index (χ0v) is 14.1. The van der Waals surface area contributed by atoms with Crippen LogP contribution in [0.4, 0.5) is 11.5 Å². The van der Waals surface area contributed by atoms with Gasteiger partial charge in [0.25, 0.3) is 5.78 Å². The van der Waals surface area contributed by atoms with E-state index in [0.29, 0.717) is 17.4 Å². The second-order valence-corrected chi connectivity index (χ2v) is 5.74. The second kappa shape index (κ2) is 5.94. The lowest BCUT2D eigenvalue weighted by molar-refractivity contribution is 0.416. The molecule has 7 nitrogen and oxygen atoms in total. The summed E-state index contributed by atoms with van der Waals surface area (Å²) in [5, 5.41) is 7.89. The topological polar surface area (TPSA) is 77.5 Å². The molecule has 1 aromatic carbocycles. The maximum atomic E-state index is 5.44. The number of hydrogen-bond acceptors (Lipinski definition) is 6. The Labute approximate surface area is 144 Å². The van der Waals surface area contributed by atoms with Gasteiger partial charge in [0.1, 0.15) is 11.6 Å². The molecule has 0 aliphatic heterocycles. The van der Waals surface area contributed by atoms with Crippen LogP contribution in [0.3, 0.4) is 0 Å². The maximum Gasteiger partial charge on any atom is 0.255 e. The predicted molar refractivity (Wildman–Crippen MR) is 94.2 cm³/mol. The summed E-state index contributed by atoms with van der Waals surface area (Å²) in [7, 11) is 1.65. The third-order valence-electron chi connectivity index (χ3n) is 3.80. The summed E-state index contributed by atoms with van der Waals surface area (Å²) < 4.78 is 12.5. The van der Waals surface area contributed by atoms with Gasteiger partial charge in [0.15, 0.2) is 5.76 Å². The number of fused-ring (bicyclic) bond motifs is 1. The molecule has 0 unspecified atom stereocenters. The second-order valence-electron chi connectivity index (χ2n) is 5.74. The standard InChI is InChI=1S/C18H17N5O2/c1-11-6-7-14(24-3)13(9-11)20-16-10-12(2)19-18-21-17(22-23(16)18)15-5-4-8-25-15/h4-10,20H,1-3H3. The molecule has 7 heteroatoms. The zero-order valence-electron chi connectivity index (χ0n) is 14.1. The maximum absolute atomic E-state index is 5.44. The van der Waals surface area contributed by atoms with Crippen LogP contribution in [0.5, 0.6) is 5.75 Å². The molecular formula is C18H17N5O2. The van der Waals surface area contributed by atoms with E-state index in [4.69, 9.17) is 9.15 Å². The molecule has 0 fully saturated rings. The van der Waals surface area contributed by atoms with Gasteiger partial charge in [-0.15, -0.1) is 5.10 Å². The number of methoxy groups -OCH3 is 1. The quantitative estimate of drug-likeness (QED) is 0.612. The molecule has 3 aromatic heterocycles. The van der Waals surface area contributed by atoms with E-state index in [1.807, 2.05) is 44.2 Å². The number of hydrogen-bond donors (Lipinski definition) is 1. The van der Waals surface area contributed by atoms with Crippen molar-refractivity contribution in [3.8, 4) is 17.3 Å². The van der Waals surface area contributed by atoms with Gasteiger partial charge in [-0.1, -0.05) is 6.07 Å². The SMILES string of the molecule is COc1ccc(C)cc1Nc1cc(C)nc2nc(-c3ccco3)nn12. The monoisotopic (exact) mass is 335 g/mol. The van der Waals surface area contributed by atoms with E-state index in [9.17, 15) is 0 Å². The molecule has 0 atom stereocenters. The van der Waals surface area contributed by atoms with Gasteiger partial charge in [-0.3, -0.25) is 0 Å². The van der Waals surface area contributed by atoms with E-state index in [-0.39, 0.29) is 0 Å². The molecule has 1 N–H and O–H groups in total. The Bertz CT molecular complexity index is 1040. The van der Waals surface area contributed by atoms with Crippen molar-refractivity contribution >= 4 is 17.3 Å². The van der Waals surface area contributed by atoms with Crippen molar-refractivity contribution in [1.29, 1.82) is 0 Å². The van der Waals surface area contributed by atoms with Crippen molar-refractivity contribution in [2.24, 2.45) is 0 Å².